The molecule has 1 aromatic heterocycles. The van der Waals surface area contributed by atoms with E-state index >= 15 is 0 Å². The first-order valence-electron chi connectivity index (χ1n) is 10.1. The van der Waals surface area contributed by atoms with Gasteiger partial charge in [-0.2, -0.15) is 0 Å². The Morgan fingerprint density at radius 3 is 2.67 bits per heavy atom. The second kappa shape index (κ2) is 10.0. The number of imidazole rings is 1. The van der Waals surface area contributed by atoms with Crippen molar-refractivity contribution in [3.05, 3.63) is 54.1 Å². The number of carbonyl (C=O) groups is 1. The van der Waals surface area contributed by atoms with Gasteiger partial charge in [0.05, 0.1) is 20.2 Å². The predicted molar refractivity (Wildman–Crippen MR) is 103 cm³/mol. The van der Waals surface area contributed by atoms with E-state index in [1.54, 1.807) is 30.3 Å². The van der Waals surface area contributed by atoms with Crippen molar-refractivity contribution in [2.24, 2.45) is 13.0 Å². The van der Waals surface area contributed by atoms with Gasteiger partial charge in [-0.05, 0) is 18.4 Å². The van der Waals surface area contributed by atoms with Crippen molar-refractivity contribution in [2.75, 3.05) is 6.61 Å². The third-order valence-electron chi connectivity index (χ3n) is 5.93. The van der Waals surface area contributed by atoms with E-state index < -0.39 is 29.8 Å². The molecule has 8 heteroatoms. The molecule has 1 aliphatic carbocycles. The van der Waals surface area contributed by atoms with Crippen LogP contribution in [0.15, 0.2) is 42.7 Å². The fourth-order valence-electron chi connectivity index (χ4n) is 4.09. The summed E-state index contributed by atoms with van der Waals surface area (Å²) in [5.41, 5.74) is -1.76. The standard InChI is InChI=1S/C22H29F2N2O3.BrH/c1-17-25(2)13-14-26(17)12-7-15-29-20(27)22(28,18-8-4-3-5-9-18)19-10-6-11-21(23,24)16-19;/h3-5,8-9,13-14,19,28H,6-7,10-12,15-16H2,1-2H3;1H/q+1;/p-1/t19-,22+;/m1./s1. The monoisotopic (exact) mass is 486 g/mol. The minimum absolute atomic E-state index is 0. The zero-order valence-electron chi connectivity index (χ0n) is 17.4. The highest BCUT2D eigenvalue weighted by Gasteiger charge is 2.52. The minimum Gasteiger partial charge on any atom is -1.00 e. The summed E-state index contributed by atoms with van der Waals surface area (Å²) in [6.07, 6.45) is 4.34. The highest BCUT2D eigenvalue weighted by molar-refractivity contribution is 5.81. The highest BCUT2D eigenvalue weighted by atomic mass is 79.9. The number of nitrogens with zero attached hydrogens (tertiary/aromatic N) is 2. The zero-order valence-corrected chi connectivity index (χ0v) is 18.9. The lowest BCUT2D eigenvalue weighted by Crippen LogP contribution is -3.00. The van der Waals surface area contributed by atoms with Crippen LogP contribution in [-0.2, 0) is 28.7 Å². The van der Waals surface area contributed by atoms with Crippen LogP contribution >= 0.6 is 0 Å². The first kappa shape index (κ1) is 24.5. The Hall–Kier alpha value is -1.80. The van der Waals surface area contributed by atoms with Gasteiger partial charge in [0, 0.05) is 32.1 Å². The molecule has 0 radical (unpaired) electrons. The molecule has 0 saturated heterocycles. The van der Waals surface area contributed by atoms with Gasteiger partial charge in [-0.1, -0.05) is 30.3 Å². The van der Waals surface area contributed by atoms with Crippen LogP contribution in [0.3, 0.4) is 0 Å². The molecule has 2 aromatic rings. The van der Waals surface area contributed by atoms with E-state index in [9.17, 15) is 18.7 Å². The van der Waals surface area contributed by atoms with Gasteiger partial charge in [-0.15, -0.1) is 0 Å². The molecule has 1 heterocycles. The number of hydrogen-bond donors (Lipinski definition) is 1. The van der Waals surface area contributed by atoms with Crippen molar-refractivity contribution >= 4 is 5.97 Å². The van der Waals surface area contributed by atoms with Crippen LogP contribution in [0.25, 0.3) is 0 Å². The van der Waals surface area contributed by atoms with E-state index in [4.69, 9.17) is 4.74 Å². The number of benzene rings is 1. The van der Waals surface area contributed by atoms with Crippen LogP contribution in [0.4, 0.5) is 8.78 Å². The number of ether oxygens (including phenoxy) is 1. The van der Waals surface area contributed by atoms with Crippen molar-refractivity contribution in [1.82, 2.24) is 4.57 Å². The Bertz CT molecular complexity index is 844. The number of aryl methyl sites for hydroxylation is 2. The molecule has 0 aliphatic heterocycles. The van der Waals surface area contributed by atoms with Crippen LogP contribution in [0, 0.1) is 12.8 Å². The van der Waals surface area contributed by atoms with Crippen LogP contribution in [0.1, 0.15) is 43.5 Å². The lowest BCUT2D eigenvalue weighted by atomic mass is 9.72. The Kier molecular flexibility index (Phi) is 8.16. The van der Waals surface area contributed by atoms with Gasteiger partial charge in [0.2, 0.25) is 5.92 Å². The maximum Gasteiger partial charge on any atom is 0.343 e. The molecule has 1 aliphatic rings. The fraction of sp³-hybridized carbons (Fsp3) is 0.545. The molecular formula is C22H29BrF2N2O3. The molecule has 2 atom stereocenters. The molecule has 1 aromatic carbocycles. The van der Waals surface area contributed by atoms with E-state index in [2.05, 4.69) is 0 Å². The Morgan fingerprint density at radius 2 is 2.07 bits per heavy atom. The number of halogens is 3. The van der Waals surface area contributed by atoms with Crippen LogP contribution in [-0.4, -0.2) is 28.2 Å². The van der Waals surface area contributed by atoms with Crippen molar-refractivity contribution < 1.29 is 45.0 Å². The summed E-state index contributed by atoms with van der Waals surface area (Å²) in [6.45, 7) is 2.76. The second-order valence-electron chi connectivity index (χ2n) is 7.92. The fourth-order valence-corrected chi connectivity index (χ4v) is 4.09. The zero-order chi connectivity index (χ0) is 21.1. The summed E-state index contributed by atoms with van der Waals surface area (Å²) >= 11 is 0. The van der Waals surface area contributed by atoms with Crippen LogP contribution < -0.4 is 21.5 Å². The lowest BCUT2D eigenvalue weighted by molar-refractivity contribution is -0.677. The third kappa shape index (κ3) is 5.27. The van der Waals surface area contributed by atoms with Gasteiger partial charge in [0.25, 0.3) is 5.82 Å². The number of carbonyl (C=O) groups excluding carboxylic acids is 1. The maximum absolute atomic E-state index is 14.0. The van der Waals surface area contributed by atoms with Gasteiger partial charge >= 0.3 is 5.97 Å². The van der Waals surface area contributed by atoms with Gasteiger partial charge in [0.1, 0.15) is 12.4 Å². The van der Waals surface area contributed by atoms with Crippen molar-refractivity contribution in [3.63, 3.8) is 0 Å². The van der Waals surface area contributed by atoms with Crippen molar-refractivity contribution in [1.29, 1.82) is 0 Å². The molecule has 1 fully saturated rings. The summed E-state index contributed by atoms with van der Waals surface area (Å²) in [5.74, 6) is -3.54. The lowest BCUT2D eigenvalue weighted by Gasteiger charge is -2.39. The smallest absolute Gasteiger partial charge is 0.343 e. The number of aromatic nitrogens is 2. The molecule has 0 amide bonds. The Balaban J connectivity index is 0.00000320. The Labute approximate surface area is 186 Å². The molecule has 166 valence electrons. The molecule has 0 spiro atoms. The van der Waals surface area contributed by atoms with Crippen LogP contribution in [0.5, 0.6) is 0 Å². The summed E-state index contributed by atoms with van der Waals surface area (Å²) in [5, 5.41) is 11.4. The number of esters is 1. The first-order valence-corrected chi connectivity index (χ1v) is 10.1. The molecule has 1 N–H and O–H groups in total. The molecule has 0 unspecified atom stereocenters. The number of aliphatic hydroxyl groups is 1. The molecule has 1 saturated carbocycles. The normalized spacial score (nSPS) is 20.1. The molecular weight excluding hydrogens is 458 g/mol. The quantitative estimate of drug-likeness (QED) is 0.347. The minimum atomic E-state index is -2.88. The van der Waals surface area contributed by atoms with Crippen molar-refractivity contribution in [2.45, 2.75) is 57.1 Å². The highest BCUT2D eigenvalue weighted by Crippen LogP contribution is 2.45. The van der Waals surface area contributed by atoms with E-state index in [1.807, 2.05) is 35.5 Å². The summed E-state index contributed by atoms with van der Waals surface area (Å²) in [7, 11) is 1.95. The van der Waals surface area contributed by atoms with Gasteiger partial charge in [-0.25, -0.2) is 22.7 Å². The largest absolute Gasteiger partial charge is 1.00 e. The van der Waals surface area contributed by atoms with Gasteiger partial charge < -0.3 is 26.8 Å². The summed E-state index contributed by atoms with van der Waals surface area (Å²) < 4.78 is 37.5. The topological polar surface area (TPSA) is 55.3 Å². The average molecular weight is 487 g/mol. The Morgan fingerprint density at radius 1 is 1.37 bits per heavy atom. The summed E-state index contributed by atoms with van der Waals surface area (Å²) in [6, 6.07) is 8.31. The maximum atomic E-state index is 14.0. The predicted octanol–water partition coefficient (Wildman–Crippen LogP) is 0.272. The molecule has 3 rings (SSSR count). The van der Waals surface area contributed by atoms with E-state index in [0.29, 0.717) is 24.9 Å². The van der Waals surface area contributed by atoms with E-state index in [-0.39, 0.29) is 36.4 Å². The first-order chi connectivity index (χ1) is 13.7. The number of rotatable bonds is 7. The number of alkyl halides is 2. The van der Waals surface area contributed by atoms with Gasteiger partial charge in [0.15, 0.2) is 5.60 Å². The average Bonchev–Trinajstić information content (AvgIpc) is 3.02. The molecule has 30 heavy (non-hydrogen) atoms. The molecule has 0 bridgehead atoms. The van der Waals surface area contributed by atoms with E-state index in [1.165, 1.54) is 0 Å². The van der Waals surface area contributed by atoms with Crippen molar-refractivity contribution in [3.8, 4) is 0 Å². The second-order valence-corrected chi connectivity index (χ2v) is 7.92. The number of hydrogen-bond acceptors (Lipinski definition) is 3. The SMILES string of the molecule is Cc1n(CCCOC(=O)[C@](O)(c2ccccc2)[C@@H]2CCCC(F)(F)C2)cc[n+]1C.[Br-]. The van der Waals surface area contributed by atoms with E-state index in [0.717, 1.165) is 5.82 Å². The van der Waals surface area contributed by atoms with Crippen LogP contribution in [0.2, 0.25) is 0 Å². The summed E-state index contributed by atoms with van der Waals surface area (Å²) in [4.78, 5) is 12.9. The molecule has 5 nitrogen and oxygen atoms in total. The van der Waals surface area contributed by atoms with Gasteiger partial charge in [-0.3, -0.25) is 0 Å². The third-order valence-corrected chi connectivity index (χ3v) is 5.93.